The lowest BCUT2D eigenvalue weighted by Gasteiger charge is -1.92. The summed E-state index contributed by atoms with van der Waals surface area (Å²) < 4.78 is 0.923. The topological polar surface area (TPSA) is 70.0 Å². The minimum atomic E-state index is 0.168. The van der Waals surface area contributed by atoms with Crippen LogP contribution in [0, 0.1) is 11.3 Å². The van der Waals surface area contributed by atoms with E-state index in [9.17, 15) is 5.11 Å². The van der Waals surface area contributed by atoms with Crippen LogP contribution in [0.2, 0.25) is 0 Å². The fourth-order valence-electron chi connectivity index (χ4n) is 1.19. The van der Waals surface area contributed by atoms with Gasteiger partial charge in [0.2, 0.25) is 0 Å². The minimum absolute atomic E-state index is 0.168. The highest BCUT2D eigenvalue weighted by Gasteiger charge is 2.08. The van der Waals surface area contributed by atoms with Gasteiger partial charge in [-0.2, -0.15) is 5.26 Å². The van der Waals surface area contributed by atoms with E-state index in [1.165, 1.54) is 11.3 Å². The summed E-state index contributed by atoms with van der Waals surface area (Å²) in [7, 11) is 0. The van der Waals surface area contributed by atoms with Gasteiger partial charge >= 0.3 is 0 Å². The highest BCUT2D eigenvalue weighted by molar-refractivity contribution is 7.20. The van der Waals surface area contributed by atoms with Gasteiger partial charge in [0, 0.05) is 10.1 Å². The van der Waals surface area contributed by atoms with Gasteiger partial charge in [-0.05, 0) is 18.2 Å². The summed E-state index contributed by atoms with van der Waals surface area (Å²) in [5.41, 5.74) is 6.15. The highest BCUT2D eigenvalue weighted by Crippen LogP contribution is 2.34. The molecule has 0 unspecified atom stereocenters. The van der Waals surface area contributed by atoms with Crippen molar-refractivity contribution in [2.24, 2.45) is 0 Å². The molecule has 1 aromatic heterocycles. The van der Waals surface area contributed by atoms with Gasteiger partial charge in [0.15, 0.2) is 0 Å². The van der Waals surface area contributed by atoms with E-state index in [-0.39, 0.29) is 5.75 Å². The Bertz CT molecular complexity index is 510. The van der Waals surface area contributed by atoms with Crippen LogP contribution < -0.4 is 5.73 Å². The van der Waals surface area contributed by atoms with Gasteiger partial charge in [0.25, 0.3) is 0 Å². The first-order valence-electron chi connectivity index (χ1n) is 3.63. The molecule has 1 aromatic carbocycles. The predicted molar refractivity (Wildman–Crippen MR) is 52.6 cm³/mol. The number of rotatable bonds is 0. The number of phenolic OH excluding ortho intramolecular Hbond substituents is 1. The van der Waals surface area contributed by atoms with Crippen LogP contribution in [0.4, 0.5) is 5.69 Å². The zero-order valence-corrected chi connectivity index (χ0v) is 7.43. The summed E-state index contributed by atoms with van der Waals surface area (Å²) in [6.07, 6.45) is 0. The number of nitriles is 1. The molecule has 4 heteroatoms. The van der Waals surface area contributed by atoms with E-state index in [1.807, 2.05) is 6.07 Å². The van der Waals surface area contributed by atoms with Crippen molar-refractivity contribution in [3.8, 4) is 11.8 Å². The summed E-state index contributed by atoms with van der Waals surface area (Å²) in [6.45, 7) is 0. The summed E-state index contributed by atoms with van der Waals surface area (Å²) in [4.78, 5) is 0.501. The molecule has 0 bridgehead atoms. The molecule has 13 heavy (non-hydrogen) atoms. The third-order valence-corrected chi connectivity index (χ3v) is 2.90. The average molecular weight is 190 g/mol. The molecule has 1 heterocycles. The molecule has 2 aromatic rings. The zero-order valence-electron chi connectivity index (χ0n) is 6.61. The Morgan fingerprint density at radius 2 is 2.23 bits per heavy atom. The average Bonchev–Trinajstić information content (AvgIpc) is 2.44. The second kappa shape index (κ2) is 2.64. The number of thiophene rings is 1. The first-order valence-corrected chi connectivity index (χ1v) is 4.45. The molecule has 0 aliphatic carbocycles. The molecule has 0 radical (unpaired) electrons. The Labute approximate surface area is 78.6 Å². The van der Waals surface area contributed by atoms with E-state index in [2.05, 4.69) is 0 Å². The van der Waals surface area contributed by atoms with E-state index in [4.69, 9.17) is 11.0 Å². The van der Waals surface area contributed by atoms with Crippen molar-refractivity contribution in [2.75, 3.05) is 5.73 Å². The third kappa shape index (κ3) is 1.10. The number of aromatic hydroxyl groups is 1. The van der Waals surface area contributed by atoms with Gasteiger partial charge in [-0.1, -0.05) is 0 Å². The van der Waals surface area contributed by atoms with E-state index >= 15 is 0 Å². The van der Waals surface area contributed by atoms with Crippen molar-refractivity contribution >= 4 is 27.1 Å². The van der Waals surface area contributed by atoms with Crippen LogP contribution in [0.25, 0.3) is 10.1 Å². The van der Waals surface area contributed by atoms with Crippen molar-refractivity contribution in [1.82, 2.24) is 0 Å². The summed E-state index contributed by atoms with van der Waals surface area (Å²) in [6, 6.07) is 6.93. The Balaban J connectivity index is 2.87. The molecule has 0 aliphatic heterocycles. The number of benzene rings is 1. The summed E-state index contributed by atoms with van der Waals surface area (Å²) in [5, 5.41) is 18.7. The summed E-state index contributed by atoms with van der Waals surface area (Å²) >= 11 is 1.34. The maximum Gasteiger partial charge on any atom is 0.129 e. The van der Waals surface area contributed by atoms with Crippen LogP contribution in [0.15, 0.2) is 18.2 Å². The second-order valence-corrected chi connectivity index (χ2v) is 3.69. The molecule has 3 N–H and O–H groups in total. The Hall–Kier alpha value is -1.73. The molecular formula is C9H6N2OS. The summed E-state index contributed by atoms with van der Waals surface area (Å²) in [5.74, 6) is 0.168. The zero-order chi connectivity index (χ0) is 9.42. The van der Waals surface area contributed by atoms with Crippen LogP contribution in [-0.2, 0) is 0 Å². The molecule has 0 saturated heterocycles. The number of nitrogen functional groups attached to an aromatic ring is 1. The Kier molecular flexibility index (Phi) is 1.61. The molecule has 64 valence electrons. The van der Waals surface area contributed by atoms with Crippen LogP contribution in [0.1, 0.15) is 4.88 Å². The minimum Gasteiger partial charge on any atom is -0.508 e. The number of nitrogens with two attached hydrogens (primary N) is 1. The lowest BCUT2D eigenvalue weighted by atomic mass is 10.2. The Morgan fingerprint density at radius 3 is 2.92 bits per heavy atom. The van der Waals surface area contributed by atoms with Crippen LogP contribution in [0.5, 0.6) is 5.75 Å². The number of nitrogens with zero attached hydrogens (tertiary/aromatic N) is 1. The van der Waals surface area contributed by atoms with E-state index in [0.29, 0.717) is 10.6 Å². The van der Waals surface area contributed by atoms with Crippen molar-refractivity contribution in [1.29, 1.82) is 5.26 Å². The largest absolute Gasteiger partial charge is 0.508 e. The van der Waals surface area contributed by atoms with Crippen molar-refractivity contribution in [2.45, 2.75) is 0 Å². The van der Waals surface area contributed by atoms with Crippen LogP contribution >= 0.6 is 11.3 Å². The number of hydrogen-bond acceptors (Lipinski definition) is 4. The molecule has 0 atom stereocenters. The highest BCUT2D eigenvalue weighted by atomic mass is 32.1. The number of anilines is 1. The van der Waals surface area contributed by atoms with E-state index in [0.717, 1.165) is 10.1 Å². The van der Waals surface area contributed by atoms with E-state index in [1.54, 1.807) is 18.2 Å². The fraction of sp³-hybridized carbons (Fsp3) is 0. The molecular weight excluding hydrogens is 184 g/mol. The smallest absolute Gasteiger partial charge is 0.129 e. The fourth-order valence-corrected chi connectivity index (χ4v) is 2.09. The molecule has 0 saturated carbocycles. The normalized spacial score (nSPS) is 10.1. The number of hydrogen-bond donors (Lipinski definition) is 2. The lowest BCUT2D eigenvalue weighted by molar-refractivity contribution is 0.476. The number of phenols is 1. The molecule has 0 aliphatic rings. The van der Waals surface area contributed by atoms with Crippen LogP contribution in [0.3, 0.4) is 0 Å². The standard InChI is InChI=1S/C9H6N2OS/c10-4-8-9(11)6-3-5(12)1-2-7(6)13-8/h1-3,12H,11H2. The van der Waals surface area contributed by atoms with Gasteiger partial charge in [-0.25, -0.2) is 0 Å². The van der Waals surface area contributed by atoms with Gasteiger partial charge < -0.3 is 10.8 Å². The number of fused-ring (bicyclic) bond motifs is 1. The van der Waals surface area contributed by atoms with Gasteiger partial charge in [0.1, 0.15) is 16.7 Å². The first kappa shape index (κ1) is 7.90. The maximum absolute atomic E-state index is 9.20. The monoisotopic (exact) mass is 190 g/mol. The lowest BCUT2D eigenvalue weighted by Crippen LogP contribution is -1.83. The van der Waals surface area contributed by atoms with E-state index < -0.39 is 0 Å². The van der Waals surface area contributed by atoms with Gasteiger partial charge in [-0.3, -0.25) is 0 Å². The third-order valence-electron chi connectivity index (χ3n) is 1.81. The van der Waals surface area contributed by atoms with Crippen molar-refractivity contribution < 1.29 is 5.11 Å². The molecule has 0 fully saturated rings. The SMILES string of the molecule is N#Cc1sc2ccc(O)cc2c1N. The molecule has 3 nitrogen and oxygen atoms in total. The molecule has 0 amide bonds. The Morgan fingerprint density at radius 1 is 1.46 bits per heavy atom. The maximum atomic E-state index is 9.20. The van der Waals surface area contributed by atoms with Gasteiger partial charge in [0.05, 0.1) is 5.69 Å². The first-order chi connectivity index (χ1) is 6.22. The predicted octanol–water partition coefficient (Wildman–Crippen LogP) is 2.06. The van der Waals surface area contributed by atoms with Gasteiger partial charge in [-0.15, -0.1) is 11.3 Å². The quantitative estimate of drug-likeness (QED) is 0.668. The molecule has 2 rings (SSSR count). The molecule has 0 spiro atoms. The van der Waals surface area contributed by atoms with Crippen molar-refractivity contribution in [3.05, 3.63) is 23.1 Å². The van der Waals surface area contributed by atoms with Crippen LogP contribution in [-0.4, -0.2) is 5.11 Å². The second-order valence-electron chi connectivity index (χ2n) is 2.64. The van der Waals surface area contributed by atoms with Crippen molar-refractivity contribution in [3.63, 3.8) is 0 Å².